The molecule has 128 valence electrons. The molecule has 1 aliphatic heterocycles. The fraction of sp³-hybridized carbons (Fsp3) is 0.706. The summed E-state index contributed by atoms with van der Waals surface area (Å²) in [6.45, 7) is 4.43. The van der Waals surface area contributed by atoms with Gasteiger partial charge in [0.2, 0.25) is 11.2 Å². The molecule has 1 aromatic heterocycles. The molecule has 0 bridgehead atoms. The van der Waals surface area contributed by atoms with Gasteiger partial charge in [-0.2, -0.15) is 0 Å². The lowest BCUT2D eigenvalue weighted by molar-refractivity contribution is 0.0710. The van der Waals surface area contributed by atoms with Gasteiger partial charge < -0.3 is 9.52 Å². The van der Waals surface area contributed by atoms with Crippen molar-refractivity contribution in [1.29, 1.82) is 0 Å². The number of aromatic hydroxyl groups is 1. The fourth-order valence-electron chi connectivity index (χ4n) is 3.70. The van der Waals surface area contributed by atoms with Crippen molar-refractivity contribution in [3.63, 3.8) is 0 Å². The summed E-state index contributed by atoms with van der Waals surface area (Å²) in [4.78, 5) is 16.6. The first-order chi connectivity index (χ1) is 11.2. The van der Waals surface area contributed by atoms with Crippen molar-refractivity contribution in [2.75, 3.05) is 26.2 Å². The highest BCUT2D eigenvalue weighted by Crippen LogP contribution is 2.24. The molecule has 0 radical (unpaired) electrons. The molecule has 0 spiro atoms. The van der Waals surface area contributed by atoms with Crippen molar-refractivity contribution in [2.24, 2.45) is 0 Å². The largest absolute Gasteiger partial charge is 0.502 e. The first-order valence-electron chi connectivity index (χ1n) is 8.54. The number of rotatable bonds is 4. The van der Waals surface area contributed by atoms with E-state index in [-0.39, 0.29) is 11.6 Å². The van der Waals surface area contributed by atoms with Gasteiger partial charge in [-0.3, -0.25) is 14.6 Å². The van der Waals surface area contributed by atoms with E-state index in [1.54, 1.807) is 0 Å². The van der Waals surface area contributed by atoms with Crippen molar-refractivity contribution in [3.8, 4) is 5.75 Å². The van der Waals surface area contributed by atoms with Crippen LogP contribution in [-0.2, 0) is 12.4 Å². The highest BCUT2D eigenvalue weighted by Gasteiger charge is 2.26. The van der Waals surface area contributed by atoms with E-state index >= 15 is 0 Å². The summed E-state index contributed by atoms with van der Waals surface area (Å²) in [5.41, 5.74) is -0.414. The summed E-state index contributed by atoms with van der Waals surface area (Å²) < 4.78 is 5.55. The minimum Gasteiger partial charge on any atom is -0.502 e. The van der Waals surface area contributed by atoms with E-state index < -0.39 is 5.43 Å². The van der Waals surface area contributed by atoms with Crippen LogP contribution in [0.2, 0.25) is 0 Å². The molecule has 1 saturated heterocycles. The summed E-state index contributed by atoms with van der Waals surface area (Å²) in [5.74, 6) is 0.594. The van der Waals surface area contributed by atoms with Gasteiger partial charge >= 0.3 is 0 Å². The number of nitrogens with zero attached hydrogens (tertiary/aromatic N) is 2. The Hall–Kier alpha value is -1.04. The standard InChI is InChI=1S/C17H25ClN2O3/c18-11-14-10-15(21)17(22)16(23-14)12-19-6-8-20(9-7-19)13-4-2-1-3-5-13/h10,13,22H,1-9,11-12H2. The summed E-state index contributed by atoms with van der Waals surface area (Å²) in [6, 6.07) is 2.00. The normalized spacial score (nSPS) is 21.6. The molecule has 1 saturated carbocycles. The van der Waals surface area contributed by atoms with E-state index in [9.17, 15) is 9.90 Å². The number of hydrogen-bond acceptors (Lipinski definition) is 5. The zero-order valence-corrected chi connectivity index (χ0v) is 14.2. The zero-order chi connectivity index (χ0) is 16.2. The minimum atomic E-state index is -0.414. The van der Waals surface area contributed by atoms with Gasteiger partial charge in [0.1, 0.15) is 5.76 Å². The van der Waals surface area contributed by atoms with E-state index in [4.69, 9.17) is 16.0 Å². The van der Waals surface area contributed by atoms with E-state index in [2.05, 4.69) is 9.80 Å². The Bertz CT molecular complexity index is 576. The lowest BCUT2D eigenvalue weighted by atomic mass is 9.94. The van der Waals surface area contributed by atoms with E-state index in [1.165, 1.54) is 38.2 Å². The smallest absolute Gasteiger partial charge is 0.227 e. The molecule has 6 heteroatoms. The van der Waals surface area contributed by atoms with Crippen LogP contribution >= 0.6 is 11.6 Å². The third-order valence-electron chi connectivity index (χ3n) is 5.04. The number of alkyl halides is 1. The third-order valence-corrected chi connectivity index (χ3v) is 5.30. The van der Waals surface area contributed by atoms with Crippen molar-refractivity contribution in [1.82, 2.24) is 9.80 Å². The number of hydrogen-bond donors (Lipinski definition) is 1. The SMILES string of the molecule is O=c1cc(CCl)oc(CN2CCN(C3CCCCC3)CC2)c1O. The summed E-state index contributed by atoms with van der Waals surface area (Å²) in [6.07, 6.45) is 6.75. The molecule has 0 unspecified atom stereocenters. The second kappa shape index (κ2) is 7.69. The molecular formula is C17H25ClN2O3. The predicted molar refractivity (Wildman–Crippen MR) is 89.9 cm³/mol. The lowest BCUT2D eigenvalue weighted by Crippen LogP contribution is -2.50. The Balaban J connectivity index is 1.58. The van der Waals surface area contributed by atoms with Gasteiger partial charge in [-0.05, 0) is 12.8 Å². The van der Waals surface area contributed by atoms with E-state index in [0.29, 0.717) is 18.1 Å². The molecule has 0 amide bonds. The monoisotopic (exact) mass is 340 g/mol. The molecule has 3 rings (SSSR count). The zero-order valence-electron chi connectivity index (χ0n) is 13.5. The molecule has 1 aliphatic carbocycles. The molecule has 2 aliphatic rings. The van der Waals surface area contributed by atoms with Crippen LogP contribution in [0.5, 0.6) is 5.75 Å². The molecule has 1 N–H and O–H groups in total. The first-order valence-corrected chi connectivity index (χ1v) is 9.08. The van der Waals surface area contributed by atoms with Gasteiger partial charge in [-0.25, -0.2) is 0 Å². The van der Waals surface area contributed by atoms with Gasteiger partial charge in [0.25, 0.3) is 0 Å². The molecule has 0 atom stereocenters. The van der Waals surface area contributed by atoms with Crippen LogP contribution in [0.25, 0.3) is 0 Å². The number of piperazine rings is 1. The topological polar surface area (TPSA) is 56.9 Å². The maximum Gasteiger partial charge on any atom is 0.227 e. The average Bonchev–Trinajstić information content (AvgIpc) is 2.60. The van der Waals surface area contributed by atoms with Gasteiger partial charge in [-0.15, -0.1) is 11.6 Å². The third kappa shape index (κ3) is 4.08. The van der Waals surface area contributed by atoms with Crippen LogP contribution in [0.3, 0.4) is 0 Å². The van der Waals surface area contributed by atoms with E-state index in [1.807, 2.05) is 0 Å². The van der Waals surface area contributed by atoms with Crippen molar-refractivity contribution >= 4 is 11.6 Å². The Kier molecular flexibility index (Phi) is 5.62. The van der Waals surface area contributed by atoms with Crippen LogP contribution in [0.15, 0.2) is 15.3 Å². The van der Waals surface area contributed by atoms with Crippen LogP contribution in [0, 0.1) is 0 Å². The Morgan fingerprint density at radius 3 is 2.52 bits per heavy atom. The highest BCUT2D eigenvalue weighted by atomic mass is 35.5. The van der Waals surface area contributed by atoms with Crippen LogP contribution < -0.4 is 5.43 Å². The van der Waals surface area contributed by atoms with Crippen LogP contribution in [-0.4, -0.2) is 47.1 Å². The lowest BCUT2D eigenvalue weighted by Gasteiger charge is -2.40. The maximum absolute atomic E-state index is 11.7. The summed E-state index contributed by atoms with van der Waals surface area (Å²) >= 11 is 5.74. The van der Waals surface area contributed by atoms with Gasteiger partial charge in [0.05, 0.1) is 12.4 Å². The minimum absolute atomic E-state index is 0.137. The van der Waals surface area contributed by atoms with Crippen LogP contribution in [0.4, 0.5) is 0 Å². The molecule has 23 heavy (non-hydrogen) atoms. The van der Waals surface area contributed by atoms with Crippen molar-refractivity contribution < 1.29 is 9.52 Å². The maximum atomic E-state index is 11.7. The molecular weight excluding hydrogens is 316 g/mol. The van der Waals surface area contributed by atoms with Gasteiger partial charge in [0, 0.05) is 38.3 Å². The molecule has 2 fully saturated rings. The Morgan fingerprint density at radius 1 is 1.17 bits per heavy atom. The molecule has 2 heterocycles. The Labute approximate surface area is 141 Å². The first kappa shape index (κ1) is 16.8. The predicted octanol–water partition coefficient (Wildman–Crippen LogP) is 2.53. The van der Waals surface area contributed by atoms with E-state index in [0.717, 1.165) is 32.2 Å². The summed E-state index contributed by atoms with van der Waals surface area (Å²) in [7, 11) is 0. The summed E-state index contributed by atoms with van der Waals surface area (Å²) in [5, 5.41) is 9.92. The van der Waals surface area contributed by atoms with Crippen molar-refractivity contribution in [3.05, 3.63) is 27.8 Å². The Morgan fingerprint density at radius 2 is 1.87 bits per heavy atom. The highest BCUT2D eigenvalue weighted by molar-refractivity contribution is 6.16. The van der Waals surface area contributed by atoms with Gasteiger partial charge in [0.15, 0.2) is 5.76 Å². The van der Waals surface area contributed by atoms with Crippen LogP contribution in [0.1, 0.15) is 43.6 Å². The average molecular weight is 341 g/mol. The van der Waals surface area contributed by atoms with Crippen molar-refractivity contribution in [2.45, 2.75) is 50.6 Å². The molecule has 5 nitrogen and oxygen atoms in total. The second-order valence-corrected chi connectivity index (χ2v) is 6.85. The molecule has 1 aromatic rings. The molecule has 0 aromatic carbocycles. The quantitative estimate of drug-likeness (QED) is 0.854. The van der Waals surface area contributed by atoms with Gasteiger partial charge in [-0.1, -0.05) is 19.3 Å². The fourth-order valence-corrected chi connectivity index (χ4v) is 3.83. The number of halogens is 1. The second-order valence-electron chi connectivity index (χ2n) is 6.59.